The minimum absolute atomic E-state index is 0. The van der Waals surface area contributed by atoms with Gasteiger partial charge in [-0.3, -0.25) is 54.1 Å². The third-order valence-corrected chi connectivity index (χ3v) is 31.6. The summed E-state index contributed by atoms with van der Waals surface area (Å²) >= 11 is 12.9. The quantitative estimate of drug-likeness (QED) is 0.0313. The number of hydrogen-bond acceptors (Lipinski definition) is 22. The number of Topliss-reactive ketones (excluding diaryl/α,β-unsaturated/α-hetero) is 3. The number of aliphatic hydroxyl groups is 2. The van der Waals surface area contributed by atoms with Crippen LogP contribution in [0, 0.1) is 41.5 Å². The van der Waals surface area contributed by atoms with Gasteiger partial charge in [0.05, 0.1) is 103 Å². The number of nitrogens with zero attached hydrogens (tertiary/aromatic N) is 8. The van der Waals surface area contributed by atoms with Crippen LogP contribution in [0.3, 0.4) is 0 Å². The van der Waals surface area contributed by atoms with Crippen LogP contribution in [0.15, 0.2) is 231 Å². The number of aryl methyl sites for hydroxylation is 1. The molecule has 19 rings (SSSR count). The van der Waals surface area contributed by atoms with Crippen molar-refractivity contribution >= 4 is 119 Å². The number of carbonyl (C=O) groups is 4. The van der Waals surface area contributed by atoms with Crippen molar-refractivity contribution in [2.75, 3.05) is 5.73 Å². The number of carboxylic acid groups (broad SMARTS) is 1. The average Bonchev–Trinajstić information content (AvgIpc) is 1.60. The van der Waals surface area contributed by atoms with E-state index in [-0.39, 0.29) is 122 Å². The number of benzene rings is 4. The van der Waals surface area contributed by atoms with Crippen LogP contribution in [0.1, 0.15) is 247 Å². The van der Waals surface area contributed by atoms with Gasteiger partial charge in [0.1, 0.15) is 51.7 Å². The zero-order chi connectivity index (χ0) is 106. The van der Waals surface area contributed by atoms with Gasteiger partial charge in [-0.1, -0.05) is 74.2 Å². The van der Waals surface area contributed by atoms with Crippen molar-refractivity contribution in [3.05, 3.63) is 322 Å². The molecule has 11 aromatic rings. The van der Waals surface area contributed by atoms with Crippen molar-refractivity contribution in [3.63, 3.8) is 0 Å². The number of alkyl halides is 3. The summed E-state index contributed by atoms with van der Waals surface area (Å²) in [6.45, 7) is 25.7. The zero-order valence-corrected chi connectivity index (χ0v) is 93.1. The van der Waals surface area contributed by atoms with E-state index in [0.29, 0.717) is 41.5 Å². The first kappa shape index (κ1) is 120. The Morgan fingerprint density at radius 2 is 0.735 bits per heavy atom. The van der Waals surface area contributed by atoms with E-state index in [0.717, 1.165) is 176 Å². The van der Waals surface area contributed by atoms with Gasteiger partial charge in [0.25, 0.3) is 0 Å². The van der Waals surface area contributed by atoms with Crippen LogP contribution in [-0.4, -0.2) is 134 Å². The molecule has 772 valence electrons. The van der Waals surface area contributed by atoms with Gasteiger partial charge in [-0.2, -0.15) is 18.4 Å². The molecule has 23 nitrogen and oxygen atoms in total. The van der Waals surface area contributed by atoms with Crippen LogP contribution < -0.4 is 40.8 Å². The Bertz CT molecular complexity index is 6240. The summed E-state index contributed by atoms with van der Waals surface area (Å²) in [6.07, 6.45) is 21.2. The number of nitrogen functional groups attached to an aromatic ring is 1. The van der Waals surface area contributed by atoms with Crippen molar-refractivity contribution in [1.29, 1.82) is 5.26 Å². The summed E-state index contributed by atoms with van der Waals surface area (Å²) in [5.41, 5.74) is 11.0. The first-order chi connectivity index (χ1) is 68.3. The van der Waals surface area contributed by atoms with E-state index in [1.54, 1.807) is 79.6 Å². The molecule has 0 radical (unpaired) electrons. The maximum absolute atomic E-state index is 13.1. The van der Waals surface area contributed by atoms with Crippen molar-refractivity contribution < 1.29 is 128 Å². The first-order valence-corrected chi connectivity index (χ1v) is 51.2. The topological polar surface area (TPSA) is 354 Å². The second-order valence-electron chi connectivity index (χ2n) is 40.6. The Labute approximate surface area is 910 Å². The molecule has 4 aromatic carbocycles. The second-order valence-corrected chi connectivity index (χ2v) is 44.2. The van der Waals surface area contributed by atoms with Crippen LogP contribution in [-0.2, 0) is 113 Å². The van der Waals surface area contributed by atoms with Crippen molar-refractivity contribution in [2.24, 2.45) is 0 Å². The van der Waals surface area contributed by atoms with Gasteiger partial charge in [0, 0.05) is 109 Å². The number of carbonyl (C=O) groups excluding carboxylic acids is 3. The second kappa shape index (κ2) is 50.0. The SMILES string of the molecule is CC1(C)OB(B2OC(C)(C)C(C)(C)O2)OC1(C)C.CC1(C)OB(c2ccc(C3(C(=O)Cc4ccc(F)cc4)CCC3)nc2)OC1(C)C.Cc1cc(CO)c(-c2ccc(C3(C(=O)Cc4ccc(F)cc4)CCC3)nc2)cn1.N#CC1(c2ccc(Br)cn2)CCC1.Nc1ccc(F)cc1.O=C(Cc1ccc(F)cc1)C1(c2ccc(Br)cn2)CCC1.O=C(O)C1(c2ccc(Br)cn2)CCC1.OCc1cc(C(F)(F)F)ncc1Br.[Na+].[OH-]. The number of aliphatic carboxylic acids is 1. The first-order valence-electron chi connectivity index (χ1n) is 48.0. The number of pyridine rings is 7. The van der Waals surface area contributed by atoms with Crippen molar-refractivity contribution in [2.45, 2.75) is 286 Å². The summed E-state index contributed by atoms with van der Waals surface area (Å²) in [7, 11) is -1.42. The fraction of sp³-hybridized carbons (Fsp3) is 0.413. The van der Waals surface area contributed by atoms with E-state index in [1.165, 1.54) is 60.7 Å². The fourth-order valence-corrected chi connectivity index (χ4v) is 18.5. The van der Waals surface area contributed by atoms with Gasteiger partial charge in [-0.05, 0) is 374 Å². The molecule has 3 saturated heterocycles. The maximum Gasteiger partial charge on any atom is 1.00 e. The Hall–Kier alpha value is -9.04. The van der Waals surface area contributed by atoms with Gasteiger partial charge >= 0.3 is 62.8 Å². The van der Waals surface area contributed by atoms with Gasteiger partial charge < -0.3 is 54.5 Å². The molecule has 0 unspecified atom stereocenters. The zero-order valence-electron chi connectivity index (χ0n) is 84.8. The summed E-state index contributed by atoms with van der Waals surface area (Å²) in [5.74, 6) is -1.42. The van der Waals surface area contributed by atoms with Crippen LogP contribution in [0.4, 0.5) is 36.4 Å². The molecular formula is C109H120B3Br4F7N9NaO14. The Kier molecular flexibility index (Phi) is 40.8. The minimum atomic E-state index is -4.47. The molecule has 147 heavy (non-hydrogen) atoms. The molecule has 8 aliphatic rings. The number of nitriles is 1. The van der Waals surface area contributed by atoms with Crippen molar-refractivity contribution in [3.8, 4) is 17.2 Å². The third-order valence-electron chi connectivity index (χ3n) is 29.4. The van der Waals surface area contributed by atoms with Gasteiger partial charge in [0.15, 0.2) is 0 Å². The maximum atomic E-state index is 13.1. The van der Waals surface area contributed by atoms with Crippen molar-refractivity contribution in [1.82, 2.24) is 34.9 Å². The molecule has 0 bridgehead atoms. The number of hydrogen-bond donors (Lipinski definition) is 4. The number of halogens is 11. The number of aromatic nitrogens is 7. The summed E-state index contributed by atoms with van der Waals surface area (Å²) in [6, 6.07) is 48.2. The minimum Gasteiger partial charge on any atom is -0.870 e. The standard InChI is InChI=1S/C24H23FN2O2.C23H27BFNO3.C17H15BrFNO.C12H24B2O4.C10H9BrN2.C10H10BrNO2.C7H5BrF3NO.C6H6FN.Na.H2O/c1-16-11-19(15-28)21(14-26-16)18-5-8-22(27-13-18)24(9-2-10-24)23(29)12-17-3-6-20(25)7-4-17;1-21(2)22(3,4)29-24(28-21)17-8-11-19(26-15-17)23(12-5-13-23)20(27)14-16-6-9-18(25)10-7-16;18-13-4-7-15(20-11-13)17(8-1-9-17)16(21)10-12-2-5-14(19)6-3-12;1-9(2)10(3,4)16-13(15-9)14-17-11(5,6)12(7,8)18-14;11-8-2-3-9(13-6-8)10(7-12)4-1-5-10;11-7-2-3-8(12-6-7)10(9(13)14)4-1-5-10;8-5-2-12-6(7(9,10)11)1-4(5)3-13;7-5-1-3-6(8)4-2-5;;/h3-8,11,13-14,28H,2,9-10,12,15H2,1H3;6-11,15H,5,12-14H2,1-4H3;2-7,11H,1,8-10H2;1-8H3;2-3,6H,1,4-5H2;2-3,6H,1,4-5H2,(H,13,14);1-2,13H,3H2;1-4H,8H2;;1H2/q;;;;;;;;+1;/p-1. The van der Waals surface area contributed by atoms with E-state index in [9.17, 15) is 55.0 Å². The molecule has 8 fully saturated rings. The number of aliphatic hydroxyl groups excluding tert-OH is 2. The molecule has 6 N–H and O–H groups in total. The summed E-state index contributed by atoms with van der Waals surface area (Å²) in [4.78, 5) is 79.8. The largest absolute Gasteiger partial charge is 1.00 e. The molecule has 10 heterocycles. The Balaban J connectivity index is 0.000000176. The fourth-order valence-electron chi connectivity index (χ4n) is 17.4. The van der Waals surface area contributed by atoms with Crippen LogP contribution in [0.25, 0.3) is 11.1 Å². The molecule has 38 heteroatoms. The number of ketones is 3. The number of anilines is 1. The number of nitrogens with two attached hydrogens (primary N) is 1. The molecule has 0 atom stereocenters. The molecule has 0 spiro atoms. The normalized spacial score (nSPS) is 18.4. The predicted molar refractivity (Wildman–Crippen MR) is 558 cm³/mol. The Morgan fingerprint density at radius 3 is 1.02 bits per heavy atom. The van der Waals surface area contributed by atoms with Gasteiger partial charge in [-0.15, -0.1) is 0 Å². The van der Waals surface area contributed by atoms with Gasteiger partial charge in [0.2, 0.25) is 0 Å². The molecule has 5 saturated carbocycles. The summed E-state index contributed by atoms with van der Waals surface area (Å²) < 4.78 is 127. The summed E-state index contributed by atoms with van der Waals surface area (Å²) in [5, 5.41) is 36.5. The van der Waals surface area contributed by atoms with E-state index in [1.807, 2.05) is 151 Å². The van der Waals surface area contributed by atoms with Crippen LogP contribution in [0.2, 0.25) is 0 Å². The van der Waals surface area contributed by atoms with E-state index < -0.39 is 78.4 Å². The van der Waals surface area contributed by atoms with Crippen LogP contribution >= 0.6 is 63.7 Å². The van der Waals surface area contributed by atoms with E-state index >= 15 is 0 Å². The predicted octanol–water partition coefficient (Wildman–Crippen LogP) is 20.3. The van der Waals surface area contributed by atoms with Crippen LogP contribution in [0.5, 0.6) is 0 Å². The molecule has 3 aliphatic heterocycles. The Morgan fingerprint density at radius 1 is 0.408 bits per heavy atom. The van der Waals surface area contributed by atoms with E-state index in [4.69, 9.17) is 49.1 Å². The van der Waals surface area contributed by atoms with Gasteiger partial charge in [-0.25, -0.2) is 17.6 Å². The third kappa shape index (κ3) is 28.7. The number of rotatable bonds is 20. The molecule has 5 aliphatic carbocycles. The number of carboxylic acids is 1. The molecular weight excluding hydrogens is 2170 g/mol. The average molecular weight is 2290 g/mol. The smallest absolute Gasteiger partial charge is 0.870 e. The molecule has 7 aromatic heterocycles. The monoisotopic (exact) mass is 2280 g/mol. The molecule has 0 amide bonds. The van der Waals surface area contributed by atoms with E-state index in [2.05, 4.69) is 105 Å².